The van der Waals surface area contributed by atoms with Crippen molar-refractivity contribution in [2.75, 3.05) is 38.1 Å². The van der Waals surface area contributed by atoms with E-state index in [9.17, 15) is 22.8 Å². The summed E-state index contributed by atoms with van der Waals surface area (Å²) in [4.78, 5) is 28.2. The van der Waals surface area contributed by atoms with Crippen molar-refractivity contribution in [1.82, 2.24) is 9.80 Å². The molecule has 1 atom stereocenters. The van der Waals surface area contributed by atoms with Crippen molar-refractivity contribution in [3.63, 3.8) is 0 Å². The summed E-state index contributed by atoms with van der Waals surface area (Å²) in [6.07, 6.45) is -4.40. The summed E-state index contributed by atoms with van der Waals surface area (Å²) >= 11 is 5.68. The molecule has 10 heteroatoms. The van der Waals surface area contributed by atoms with Crippen molar-refractivity contribution in [3.8, 4) is 0 Å². The SMILES string of the molecule is CC(C)COC(=O)N1CCCN(C(C)C(=O)Nc2ccc(Cl)cc2C(F)(F)F)CC1. The van der Waals surface area contributed by atoms with Crippen LogP contribution in [0.5, 0.6) is 0 Å². The van der Waals surface area contributed by atoms with Gasteiger partial charge in [0.15, 0.2) is 0 Å². The lowest BCUT2D eigenvalue weighted by molar-refractivity contribution is -0.137. The van der Waals surface area contributed by atoms with Gasteiger partial charge in [0.2, 0.25) is 5.91 Å². The van der Waals surface area contributed by atoms with Gasteiger partial charge in [0, 0.05) is 31.2 Å². The van der Waals surface area contributed by atoms with Crippen molar-refractivity contribution in [1.29, 1.82) is 0 Å². The second kappa shape index (κ2) is 10.3. The van der Waals surface area contributed by atoms with Crippen molar-refractivity contribution in [3.05, 3.63) is 28.8 Å². The van der Waals surface area contributed by atoms with Crippen molar-refractivity contribution < 1.29 is 27.5 Å². The minimum atomic E-state index is -4.64. The van der Waals surface area contributed by atoms with Gasteiger partial charge in [0.05, 0.1) is 23.9 Å². The number of carbonyl (C=O) groups is 2. The molecule has 1 heterocycles. The Kier molecular flexibility index (Phi) is 8.37. The number of benzene rings is 1. The fraction of sp³-hybridized carbons (Fsp3) is 0.600. The number of nitrogens with one attached hydrogen (secondary N) is 1. The van der Waals surface area contributed by atoms with Gasteiger partial charge in [-0.1, -0.05) is 25.4 Å². The molecule has 168 valence electrons. The summed E-state index contributed by atoms with van der Waals surface area (Å²) in [5.41, 5.74) is -1.33. The largest absolute Gasteiger partial charge is 0.449 e. The Bertz CT molecular complexity index is 759. The van der Waals surface area contributed by atoms with E-state index in [0.717, 1.165) is 12.1 Å². The van der Waals surface area contributed by atoms with Gasteiger partial charge >= 0.3 is 12.3 Å². The number of halogens is 4. The monoisotopic (exact) mass is 449 g/mol. The van der Waals surface area contributed by atoms with E-state index in [4.69, 9.17) is 16.3 Å². The van der Waals surface area contributed by atoms with Crippen LogP contribution >= 0.6 is 11.6 Å². The number of amides is 2. The van der Waals surface area contributed by atoms with Crippen LogP contribution in [0.3, 0.4) is 0 Å². The van der Waals surface area contributed by atoms with Crippen molar-refractivity contribution in [2.45, 2.75) is 39.4 Å². The zero-order valence-corrected chi connectivity index (χ0v) is 18.0. The molecular weight excluding hydrogens is 423 g/mol. The van der Waals surface area contributed by atoms with E-state index in [0.29, 0.717) is 39.2 Å². The molecule has 30 heavy (non-hydrogen) atoms. The van der Waals surface area contributed by atoms with Crippen molar-refractivity contribution in [2.24, 2.45) is 5.92 Å². The van der Waals surface area contributed by atoms with E-state index >= 15 is 0 Å². The third-order valence-electron chi connectivity index (χ3n) is 4.80. The zero-order chi connectivity index (χ0) is 22.5. The summed E-state index contributed by atoms with van der Waals surface area (Å²) in [6.45, 7) is 7.69. The van der Waals surface area contributed by atoms with Gasteiger partial charge in [-0.05, 0) is 37.5 Å². The number of anilines is 1. The first-order chi connectivity index (χ1) is 14.0. The number of nitrogens with zero attached hydrogens (tertiary/aromatic N) is 2. The normalized spacial score (nSPS) is 16.9. The first-order valence-electron chi connectivity index (χ1n) is 9.82. The topological polar surface area (TPSA) is 61.9 Å². The third kappa shape index (κ3) is 6.77. The van der Waals surface area contributed by atoms with Crippen LogP contribution in [0.25, 0.3) is 0 Å². The summed E-state index contributed by atoms with van der Waals surface area (Å²) in [5.74, 6) is -0.325. The Morgan fingerprint density at radius 3 is 2.50 bits per heavy atom. The van der Waals surface area contributed by atoms with Crippen LogP contribution in [-0.2, 0) is 15.7 Å². The number of hydrogen-bond acceptors (Lipinski definition) is 4. The average Bonchev–Trinajstić information content (AvgIpc) is 2.92. The fourth-order valence-electron chi connectivity index (χ4n) is 3.10. The molecule has 1 saturated heterocycles. The molecule has 1 aliphatic heterocycles. The number of carbonyl (C=O) groups excluding carboxylic acids is 2. The maximum Gasteiger partial charge on any atom is 0.418 e. The minimum absolute atomic E-state index is 0.0645. The smallest absolute Gasteiger partial charge is 0.418 e. The molecule has 0 aliphatic carbocycles. The van der Waals surface area contributed by atoms with E-state index in [2.05, 4.69) is 5.32 Å². The molecular formula is C20H27ClF3N3O3. The third-order valence-corrected chi connectivity index (χ3v) is 5.04. The predicted octanol–water partition coefficient (Wildman–Crippen LogP) is 4.49. The molecule has 1 fully saturated rings. The van der Waals surface area contributed by atoms with Gasteiger partial charge in [0.1, 0.15) is 0 Å². The Morgan fingerprint density at radius 2 is 1.87 bits per heavy atom. The second-order valence-corrected chi connectivity index (χ2v) is 8.14. The molecule has 1 N–H and O–H groups in total. The molecule has 0 aromatic heterocycles. The molecule has 6 nitrogen and oxygen atoms in total. The Hall–Kier alpha value is -2.00. The zero-order valence-electron chi connectivity index (χ0n) is 17.3. The second-order valence-electron chi connectivity index (χ2n) is 7.70. The summed E-state index contributed by atoms with van der Waals surface area (Å²) in [6, 6.07) is 2.55. The van der Waals surface area contributed by atoms with Gasteiger partial charge in [-0.25, -0.2) is 4.79 Å². The van der Waals surface area contributed by atoms with Crippen LogP contribution < -0.4 is 5.32 Å². The van der Waals surface area contributed by atoms with E-state index < -0.39 is 29.8 Å². The first kappa shape index (κ1) is 24.3. The molecule has 1 unspecified atom stereocenters. The molecule has 0 radical (unpaired) electrons. The van der Waals surface area contributed by atoms with Gasteiger partial charge in [-0.2, -0.15) is 13.2 Å². The van der Waals surface area contributed by atoms with Crippen LogP contribution in [0, 0.1) is 5.92 Å². The first-order valence-corrected chi connectivity index (χ1v) is 10.2. The molecule has 1 aromatic rings. The molecule has 0 spiro atoms. The van der Waals surface area contributed by atoms with Crippen LogP contribution in [0.4, 0.5) is 23.7 Å². The van der Waals surface area contributed by atoms with Crippen LogP contribution in [-0.4, -0.2) is 60.6 Å². The minimum Gasteiger partial charge on any atom is -0.449 e. The molecule has 1 aromatic carbocycles. The predicted molar refractivity (Wildman–Crippen MR) is 108 cm³/mol. The lowest BCUT2D eigenvalue weighted by Crippen LogP contribution is -2.44. The highest BCUT2D eigenvalue weighted by atomic mass is 35.5. The molecule has 0 bridgehead atoms. The highest BCUT2D eigenvalue weighted by Crippen LogP contribution is 2.36. The maximum absolute atomic E-state index is 13.2. The van der Waals surface area contributed by atoms with E-state index in [-0.39, 0.29) is 16.6 Å². The van der Waals surface area contributed by atoms with Gasteiger partial charge in [-0.15, -0.1) is 0 Å². The van der Waals surface area contributed by atoms with Gasteiger partial charge in [0.25, 0.3) is 0 Å². The van der Waals surface area contributed by atoms with E-state index in [1.54, 1.807) is 11.8 Å². The number of alkyl halides is 3. The van der Waals surface area contributed by atoms with E-state index in [1.807, 2.05) is 18.7 Å². The maximum atomic E-state index is 13.2. The van der Waals surface area contributed by atoms with Crippen molar-refractivity contribution >= 4 is 29.3 Å². The molecule has 0 saturated carbocycles. The Morgan fingerprint density at radius 1 is 1.17 bits per heavy atom. The highest BCUT2D eigenvalue weighted by molar-refractivity contribution is 6.30. The van der Waals surface area contributed by atoms with Gasteiger partial charge < -0.3 is 15.0 Å². The van der Waals surface area contributed by atoms with Crippen LogP contribution in [0.15, 0.2) is 18.2 Å². The Labute approximate surface area is 179 Å². The Balaban J connectivity index is 2.00. The number of rotatable bonds is 5. The quantitative estimate of drug-likeness (QED) is 0.719. The average molecular weight is 450 g/mol. The fourth-order valence-corrected chi connectivity index (χ4v) is 3.27. The lowest BCUT2D eigenvalue weighted by atomic mass is 10.1. The van der Waals surface area contributed by atoms with Gasteiger partial charge in [-0.3, -0.25) is 9.69 Å². The molecule has 2 amide bonds. The molecule has 1 aliphatic rings. The van der Waals surface area contributed by atoms with E-state index in [1.165, 1.54) is 6.07 Å². The summed E-state index contributed by atoms with van der Waals surface area (Å²) in [7, 11) is 0. The van der Waals surface area contributed by atoms with Crippen LogP contribution in [0.2, 0.25) is 5.02 Å². The molecule has 2 rings (SSSR count). The highest BCUT2D eigenvalue weighted by Gasteiger charge is 2.35. The standard InChI is InChI=1S/C20H27ClF3N3O3/c1-13(2)12-30-19(29)27-8-4-7-26(9-10-27)14(3)18(28)25-17-6-5-15(21)11-16(17)20(22,23)24/h5-6,11,13-14H,4,7-10,12H2,1-3H3,(H,25,28). The number of hydrogen-bond donors (Lipinski definition) is 1. The lowest BCUT2D eigenvalue weighted by Gasteiger charge is -2.27. The summed E-state index contributed by atoms with van der Waals surface area (Å²) < 4.78 is 45.0. The number of ether oxygens (including phenoxy) is 1. The summed E-state index contributed by atoms with van der Waals surface area (Å²) in [5, 5.41) is 2.30. The van der Waals surface area contributed by atoms with Crippen LogP contribution in [0.1, 0.15) is 32.8 Å².